The average Bonchev–Trinajstić information content (AvgIpc) is 2.81. The molecule has 90 valence electrons. The highest BCUT2D eigenvalue weighted by Gasteiger charge is 2.09. The molecule has 1 heterocycles. The van der Waals surface area contributed by atoms with E-state index in [4.69, 9.17) is 4.42 Å². The van der Waals surface area contributed by atoms with E-state index < -0.39 is 0 Å². The lowest BCUT2D eigenvalue weighted by Crippen LogP contribution is -2.29. The van der Waals surface area contributed by atoms with Crippen molar-refractivity contribution in [3.63, 3.8) is 0 Å². The molecule has 0 radical (unpaired) electrons. The normalized spacial score (nSPS) is 12.6. The maximum atomic E-state index is 5.10. The van der Waals surface area contributed by atoms with Crippen molar-refractivity contribution in [1.29, 1.82) is 0 Å². The quantitative estimate of drug-likeness (QED) is 0.852. The summed E-state index contributed by atoms with van der Waals surface area (Å²) in [5.74, 6) is 0. The topological polar surface area (TPSA) is 25.2 Å². The highest BCUT2D eigenvalue weighted by atomic mass is 16.3. The van der Waals surface area contributed by atoms with Gasteiger partial charge in [-0.15, -0.1) is 0 Å². The molecule has 0 aliphatic rings. The molecule has 17 heavy (non-hydrogen) atoms. The van der Waals surface area contributed by atoms with Crippen molar-refractivity contribution in [1.82, 2.24) is 5.32 Å². The van der Waals surface area contributed by atoms with Crippen LogP contribution in [-0.4, -0.2) is 13.1 Å². The fourth-order valence-corrected chi connectivity index (χ4v) is 2.09. The van der Waals surface area contributed by atoms with E-state index in [0.717, 1.165) is 12.8 Å². The summed E-state index contributed by atoms with van der Waals surface area (Å²) in [6.07, 6.45) is 5.60. The molecule has 0 bridgehead atoms. The van der Waals surface area contributed by atoms with Crippen LogP contribution < -0.4 is 5.32 Å². The SMILES string of the molecule is CNC(Cc1ccoc1)Cc1cccc(C)c1. The number of rotatable bonds is 5. The minimum atomic E-state index is 0.453. The Balaban J connectivity index is 2.00. The highest BCUT2D eigenvalue weighted by molar-refractivity contribution is 5.23. The summed E-state index contributed by atoms with van der Waals surface area (Å²) < 4.78 is 5.10. The van der Waals surface area contributed by atoms with Gasteiger partial charge >= 0.3 is 0 Å². The van der Waals surface area contributed by atoms with E-state index in [1.54, 1.807) is 6.26 Å². The summed E-state index contributed by atoms with van der Waals surface area (Å²) in [4.78, 5) is 0. The molecule has 0 saturated carbocycles. The van der Waals surface area contributed by atoms with E-state index in [1.165, 1.54) is 16.7 Å². The summed E-state index contributed by atoms with van der Waals surface area (Å²) >= 11 is 0. The molecule has 1 N–H and O–H groups in total. The van der Waals surface area contributed by atoms with Crippen LogP contribution in [0.25, 0.3) is 0 Å². The predicted octanol–water partition coefficient (Wildman–Crippen LogP) is 2.96. The van der Waals surface area contributed by atoms with E-state index in [9.17, 15) is 0 Å². The van der Waals surface area contributed by atoms with Gasteiger partial charge in [-0.25, -0.2) is 0 Å². The molecule has 2 nitrogen and oxygen atoms in total. The Bertz CT molecular complexity index is 448. The second kappa shape index (κ2) is 5.69. The van der Waals surface area contributed by atoms with Crippen LogP contribution in [0.1, 0.15) is 16.7 Å². The van der Waals surface area contributed by atoms with Gasteiger partial charge in [-0.3, -0.25) is 0 Å². The van der Waals surface area contributed by atoms with Crippen molar-refractivity contribution in [2.45, 2.75) is 25.8 Å². The number of likely N-dealkylation sites (N-methyl/N-ethyl adjacent to an activating group) is 1. The summed E-state index contributed by atoms with van der Waals surface area (Å²) in [6, 6.07) is 11.2. The highest BCUT2D eigenvalue weighted by Crippen LogP contribution is 2.11. The number of hydrogen-bond donors (Lipinski definition) is 1. The minimum Gasteiger partial charge on any atom is -0.472 e. The Kier molecular flexibility index (Phi) is 3.99. The van der Waals surface area contributed by atoms with Crippen LogP contribution in [0.15, 0.2) is 47.3 Å². The van der Waals surface area contributed by atoms with Crippen LogP contribution in [0, 0.1) is 6.92 Å². The summed E-state index contributed by atoms with van der Waals surface area (Å²) in [7, 11) is 2.01. The van der Waals surface area contributed by atoms with Crippen molar-refractivity contribution >= 4 is 0 Å². The maximum Gasteiger partial charge on any atom is 0.0935 e. The molecule has 1 aromatic carbocycles. The van der Waals surface area contributed by atoms with Gasteiger partial charge in [0.1, 0.15) is 0 Å². The third kappa shape index (κ3) is 3.46. The van der Waals surface area contributed by atoms with Crippen molar-refractivity contribution in [2.24, 2.45) is 0 Å². The van der Waals surface area contributed by atoms with Crippen molar-refractivity contribution < 1.29 is 4.42 Å². The third-order valence-electron chi connectivity index (χ3n) is 3.04. The molecule has 2 aromatic rings. The summed E-state index contributed by atoms with van der Waals surface area (Å²) in [5.41, 5.74) is 3.95. The van der Waals surface area contributed by atoms with Gasteiger partial charge in [-0.05, 0) is 44.0 Å². The van der Waals surface area contributed by atoms with Crippen molar-refractivity contribution in [3.05, 3.63) is 59.5 Å². The first kappa shape index (κ1) is 11.9. The van der Waals surface area contributed by atoms with E-state index in [1.807, 2.05) is 19.4 Å². The summed E-state index contributed by atoms with van der Waals surface area (Å²) in [6.45, 7) is 2.13. The number of aryl methyl sites for hydroxylation is 1. The van der Waals surface area contributed by atoms with Gasteiger partial charge in [0.25, 0.3) is 0 Å². The van der Waals surface area contributed by atoms with Crippen molar-refractivity contribution in [2.75, 3.05) is 7.05 Å². The van der Waals surface area contributed by atoms with E-state index >= 15 is 0 Å². The smallest absolute Gasteiger partial charge is 0.0935 e. The van der Waals surface area contributed by atoms with Crippen LogP contribution >= 0.6 is 0 Å². The average molecular weight is 229 g/mol. The van der Waals surface area contributed by atoms with E-state index in [0.29, 0.717) is 6.04 Å². The summed E-state index contributed by atoms with van der Waals surface area (Å²) in [5, 5.41) is 3.37. The second-order valence-electron chi connectivity index (χ2n) is 4.51. The van der Waals surface area contributed by atoms with Gasteiger partial charge in [-0.2, -0.15) is 0 Å². The monoisotopic (exact) mass is 229 g/mol. The number of nitrogens with one attached hydrogen (secondary N) is 1. The standard InChI is InChI=1S/C15H19NO/c1-12-4-3-5-13(8-12)9-15(16-2)10-14-6-7-17-11-14/h3-8,11,15-16H,9-10H2,1-2H3. The Labute approximate surface area is 103 Å². The molecule has 0 saturated heterocycles. The van der Waals surface area contributed by atoms with E-state index in [2.05, 4.69) is 36.5 Å². The molecular formula is C15H19NO. The molecule has 1 atom stereocenters. The zero-order valence-electron chi connectivity index (χ0n) is 10.4. The fourth-order valence-electron chi connectivity index (χ4n) is 2.09. The molecule has 2 rings (SSSR count). The third-order valence-corrected chi connectivity index (χ3v) is 3.04. The molecule has 1 unspecified atom stereocenters. The Morgan fingerprint density at radius 2 is 2.00 bits per heavy atom. The number of furan rings is 1. The Hall–Kier alpha value is -1.54. The van der Waals surface area contributed by atoms with Crippen LogP contribution in [0.5, 0.6) is 0 Å². The molecule has 0 fully saturated rings. The zero-order valence-corrected chi connectivity index (χ0v) is 10.4. The number of benzene rings is 1. The van der Waals surface area contributed by atoms with Gasteiger partial charge in [0.15, 0.2) is 0 Å². The van der Waals surface area contributed by atoms with Crippen LogP contribution in [-0.2, 0) is 12.8 Å². The van der Waals surface area contributed by atoms with E-state index in [-0.39, 0.29) is 0 Å². The van der Waals surface area contributed by atoms with Crippen LogP contribution in [0.4, 0.5) is 0 Å². The fraction of sp³-hybridized carbons (Fsp3) is 0.333. The zero-order chi connectivity index (χ0) is 12.1. The molecule has 1 aromatic heterocycles. The molecule has 0 aliphatic heterocycles. The first-order chi connectivity index (χ1) is 8.28. The van der Waals surface area contributed by atoms with Crippen LogP contribution in [0.2, 0.25) is 0 Å². The van der Waals surface area contributed by atoms with Gasteiger partial charge < -0.3 is 9.73 Å². The lowest BCUT2D eigenvalue weighted by molar-refractivity contribution is 0.538. The number of hydrogen-bond acceptors (Lipinski definition) is 2. The van der Waals surface area contributed by atoms with Gasteiger partial charge in [0, 0.05) is 6.04 Å². The Morgan fingerprint density at radius 3 is 2.65 bits per heavy atom. The predicted molar refractivity (Wildman–Crippen MR) is 70.1 cm³/mol. The lowest BCUT2D eigenvalue weighted by Gasteiger charge is -2.15. The van der Waals surface area contributed by atoms with Gasteiger partial charge in [0.2, 0.25) is 0 Å². The maximum absolute atomic E-state index is 5.10. The van der Waals surface area contributed by atoms with Crippen molar-refractivity contribution in [3.8, 4) is 0 Å². The molecule has 0 amide bonds. The molecule has 2 heteroatoms. The minimum absolute atomic E-state index is 0.453. The Morgan fingerprint density at radius 1 is 1.18 bits per heavy atom. The van der Waals surface area contributed by atoms with Gasteiger partial charge in [-0.1, -0.05) is 29.8 Å². The largest absolute Gasteiger partial charge is 0.472 e. The molecule has 0 spiro atoms. The lowest BCUT2D eigenvalue weighted by atomic mass is 9.99. The first-order valence-corrected chi connectivity index (χ1v) is 6.02. The molecular weight excluding hydrogens is 210 g/mol. The first-order valence-electron chi connectivity index (χ1n) is 6.02. The van der Waals surface area contributed by atoms with Crippen LogP contribution in [0.3, 0.4) is 0 Å². The second-order valence-corrected chi connectivity index (χ2v) is 4.51. The molecule has 0 aliphatic carbocycles. The van der Waals surface area contributed by atoms with Gasteiger partial charge in [0.05, 0.1) is 12.5 Å².